The average Bonchev–Trinajstić information content (AvgIpc) is 2.28. The largest absolute Gasteiger partial charge is 0.384 e. The number of nitrogen functional groups attached to an aromatic ring is 1. The van der Waals surface area contributed by atoms with E-state index in [0.29, 0.717) is 5.56 Å². The monoisotopic (exact) mass is 227 g/mol. The zero-order valence-corrected chi connectivity index (χ0v) is 9.23. The maximum Gasteiger partial charge on any atom is 0.221 e. The molecular weight excluding hydrogens is 214 g/mol. The molecule has 2 aromatic carbocycles. The van der Waals surface area contributed by atoms with E-state index >= 15 is 0 Å². The van der Waals surface area contributed by atoms with E-state index in [4.69, 9.17) is 16.9 Å². The molecule has 4 heteroatoms. The SMILES string of the molecule is N=C(N)c1ccc2c(CC(N)=O)cccc2c1. The molecular formula is C13H13N3O. The molecule has 0 saturated carbocycles. The van der Waals surface area contributed by atoms with E-state index < -0.39 is 0 Å². The summed E-state index contributed by atoms with van der Waals surface area (Å²) in [7, 11) is 0. The second kappa shape index (κ2) is 4.25. The van der Waals surface area contributed by atoms with Gasteiger partial charge in [0.25, 0.3) is 0 Å². The summed E-state index contributed by atoms with van der Waals surface area (Å²) in [5.74, 6) is -0.319. The van der Waals surface area contributed by atoms with Crippen LogP contribution in [0.15, 0.2) is 36.4 Å². The number of primary amides is 1. The van der Waals surface area contributed by atoms with Crippen molar-refractivity contribution in [3.63, 3.8) is 0 Å². The number of benzene rings is 2. The first-order chi connectivity index (χ1) is 8.08. The standard InChI is InChI=1S/C13H13N3O/c14-12(17)7-9-3-1-2-8-6-10(13(15)16)4-5-11(8)9/h1-6H,7H2,(H2,14,17)(H3,15,16). The summed E-state index contributed by atoms with van der Waals surface area (Å²) in [6.45, 7) is 0. The average molecular weight is 227 g/mol. The van der Waals surface area contributed by atoms with Gasteiger partial charge in [-0.05, 0) is 22.4 Å². The van der Waals surface area contributed by atoms with Crippen LogP contribution in [-0.2, 0) is 11.2 Å². The van der Waals surface area contributed by atoms with Crippen LogP contribution >= 0.6 is 0 Å². The molecule has 0 spiro atoms. The van der Waals surface area contributed by atoms with E-state index in [0.717, 1.165) is 16.3 Å². The topological polar surface area (TPSA) is 93.0 Å². The smallest absolute Gasteiger partial charge is 0.221 e. The lowest BCUT2D eigenvalue weighted by molar-refractivity contribution is -0.117. The zero-order chi connectivity index (χ0) is 12.4. The van der Waals surface area contributed by atoms with Crippen LogP contribution in [0.25, 0.3) is 10.8 Å². The summed E-state index contributed by atoms with van der Waals surface area (Å²) in [6, 6.07) is 11.1. The second-order valence-corrected chi connectivity index (χ2v) is 3.91. The van der Waals surface area contributed by atoms with Crippen LogP contribution in [0.4, 0.5) is 0 Å². The van der Waals surface area contributed by atoms with E-state index in [1.165, 1.54) is 0 Å². The van der Waals surface area contributed by atoms with Crippen LogP contribution in [0.2, 0.25) is 0 Å². The first-order valence-electron chi connectivity index (χ1n) is 5.22. The van der Waals surface area contributed by atoms with E-state index in [-0.39, 0.29) is 18.2 Å². The van der Waals surface area contributed by atoms with Crippen molar-refractivity contribution in [1.82, 2.24) is 0 Å². The molecule has 5 N–H and O–H groups in total. The molecule has 0 fully saturated rings. The maximum atomic E-state index is 11.0. The Bertz CT molecular complexity index is 605. The van der Waals surface area contributed by atoms with Gasteiger partial charge in [0, 0.05) is 5.56 Å². The Morgan fingerprint density at radius 3 is 2.59 bits per heavy atom. The molecule has 86 valence electrons. The van der Waals surface area contributed by atoms with Crippen LogP contribution in [0.1, 0.15) is 11.1 Å². The highest BCUT2D eigenvalue weighted by Gasteiger charge is 2.05. The molecule has 17 heavy (non-hydrogen) atoms. The summed E-state index contributed by atoms with van der Waals surface area (Å²) in [6.07, 6.45) is 0.219. The lowest BCUT2D eigenvalue weighted by Gasteiger charge is -2.06. The molecule has 0 saturated heterocycles. The third-order valence-corrected chi connectivity index (χ3v) is 2.65. The van der Waals surface area contributed by atoms with Crippen LogP contribution in [0, 0.1) is 5.41 Å². The number of hydrogen-bond acceptors (Lipinski definition) is 2. The van der Waals surface area contributed by atoms with E-state index in [1.807, 2.05) is 30.3 Å². The van der Waals surface area contributed by atoms with Crippen molar-refractivity contribution < 1.29 is 4.79 Å². The third-order valence-electron chi connectivity index (χ3n) is 2.65. The molecule has 0 aliphatic heterocycles. The summed E-state index contributed by atoms with van der Waals surface area (Å²) in [5.41, 5.74) is 12.2. The molecule has 0 radical (unpaired) electrons. The third kappa shape index (κ3) is 2.25. The van der Waals surface area contributed by atoms with E-state index in [9.17, 15) is 4.79 Å². The highest BCUT2D eigenvalue weighted by molar-refractivity contribution is 6.00. The molecule has 0 aliphatic rings. The van der Waals surface area contributed by atoms with E-state index in [1.54, 1.807) is 6.07 Å². The minimum absolute atomic E-state index is 0.0344. The number of amides is 1. The first-order valence-corrected chi connectivity index (χ1v) is 5.22. The Kier molecular flexibility index (Phi) is 2.78. The van der Waals surface area contributed by atoms with Crippen molar-refractivity contribution in [3.05, 3.63) is 47.5 Å². The Hall–Kier alpha value is -2.36. The number of carbonyl (C=O) groups excluding carboxylic acids is 1. The van der Waals surface area contributed by atoms with E-state index in [2.05, 4.69) is 0 Å². The summed E-state index contributed by atoms with van der Waals surface area (Å²) >= 11 is 0. The fraction of sp³-hybridized carbons (Fsp3) is 0.0769. The Morgan fingerprint density at radius 2 is 1.94 bits per heavy atom. The van der Waals surface area contributed by atoms with Gasteiger partial charge in [0.05, 0.1) is 6.42 Å². The lowest BCUT2D eigenvalue weighted by atomic mass is 10.00. The molecule has 0 bridgehead atoms. The maximum absolute atomic E-state index is 11.0. The normalized spacial score (nSPS) is 10.4. The van der Waals surface area contributed by atoms with Gasteiger partial charge in [-0.1, -0.05) is 30.3 Å². The van der Waals surface area contributed by atoms with Crippen LogP contribution in [-0.4, -0.2) is 11.7 Å². The van der Waals surface area contributed by atoms with Crippen molar-refractivity contribution in [3.8, 4) is 0 Å². The van der Waals surface area contributed by atoms with Crippen LogP contribution in [0.5, 0.6) is 0 Å². The van der Waals surface area contributed by atoms with Crippen LogP contribution in [0.3, 0.4) is 0 Å². The lowest BCUT2D eigenvalue weighted by Crippen LogP contribution is -2.14. The molecule has 2 rings (SSSR count). The van der Waals surface area contributed by atoms with Crippen molar-refractivity contribution in [2.75, 3.05) is 0 Å². The number of amidine groups is 1. The van der Waals surface area contributed by atoms with Crippen molar-refractivity contribution in [1.29, 1.82) is 5.41 Å². The Labute approximate surface area is 98.7 Å². The summed E-state index contributed by atoms with van der Waals surface area (Å²) < 4.78 is 0. The highest BCUT2D eigenvalue weighted by atomic mass is 16.1. The van der Waals surface area contributed by atoms with Gasteiger partial charge >= 0.3 is 0 Å². The number of rotatable bonds is 3. The van der Waals surface area contributed by atoms with Gasteiger partial charge in [-0.15, -0.1) is 0 Å². The quantitative estimate of drug-likeness (QED) is 0.542. The molecule has 2 aromatic rings. The number of fused-ring (bicyclic) bond motifs is 1. The summed E-state index contributed by atoms with van der Waals surface area (Å²) in [5, 5.41) is 9.30. The van der Waals surface area contributed by atoms with Crippen molar-refractivity contribution >= 4 is 22.5 Å². The molecule has 1 amide bonds. The minimum Gasteiger partial charge on any atom is -0.384 e. The number of carbonyl (C=O) groups is 1. The number of nitrogens with one attached hydrogen (secondary N) is 1. The Balaban J connectivity index is 2.58. The van der Waals surface area contributed by atoms with Gasteiger partial charge in [0.1, 0.15) is 5.84 Å². The van der Waals surface area contributed by atoms with Gasteiger partial charge in [-0.3, -0.25) is 10.2 Å². The van der Waals surface area contributed by atoms with Gasteiger partial charge in [0.2, 0.25) is 5.91 Å². The predicted octanol–water partition coefficient (Wildman–Crippen LogP) is 1.15. The molecule has 0 heterocycles. The molecule has 0 atom stereocenters. The molecule has 4 nitrogen and oxygen atoms in total. The van der Waals surface area contributed by atoms with Gasteiger partial charge in [0.15, 0.2) is 0 Å². The zero-order valence-electron chi connectivity index (χ0n) is 9.23. The predicted molar refractivity (Wildman–Crippen MR) is 67.9 cm³/mol. The first kappa shape index (κ1) is 11.1. The molecule has 0 aliphatic carbocycles. The van der Waals surface area contributed by atoms with Gasteiger partial charge < -0.3 is 11.5 Å². The minimum atomic E-state index is -0.354. The highest BCUT2D eigenvalue weighted by Crippen LogP contribution is 2.20. The van der Waals surface area contributed by atoms with Crippen molar-refractivity contribution in [2.45, 2.75) is 6.42 Å². The molecule has 0 unspecified atom stereocenters. The van der Waals surface area contributed by atoms with Gasteiger partial charge in [-0.25, -0.2) is 0 Å². The Morgan fingerprint density at radius 1 is 1.18 bits per heavy atom. The number of nitrogens with two attached hydrogens (primary N) is 2. The summed E-state index contributed by atoms with van der Waals surface area (Å²) in [4.78, 5) is 11.0. The molecule has 0 aromatic heterocycles. The fourth-order valence-electron chi connectivity index (χ4n) is 1.86. The fourth-order valence-corrected chi connectivity index (χ4v) is 1.86. The second-order valence-electron chi connectivity index (χ2n) is 3.91. The van der Waals surface area contributed by atoms with Crippen LogP contribution < -0.4 is 11.5 Å². The van der Waals surface area contributed by atoms with Gasteiger partial charge in [-0.2, -0.15) is 0 Å². The number of hydrogen-bond donors (Lipinski definition) is 3. The van der Waals surface area contributed by atoms with Crippen molar-refractivity contribution in [2.24, 2.45) is 11.5 Å².